The molecular formula is C18H25N3O3. The molecule has 2 rings (SSSR count). The van der Waals surface area contributed by atoms with Crippen LogP contribution in [0.15, 0.2) is 18.2 Å². The Hall–Kier alpha value is -2.26. The van der Waals surface area contributed by atoms with E-state index < -0.39 is 0 Å². The number of benzene rings is 1. The van der Waals surface area contributed by atoms with Gasteiger partial charge in [0, 0.05) is 13.1 Å². The number of carbonyl (C=O) groups excluding carboxylic acids is 1. The zero-order valence-corrected chi connectivity index (χ0v) is 14.2. The molecule has 0 atom stereocenters. The molecular weight excluding hydrogens is 306 g/mol. The number of carbonyl (C=O) groups is 1. The Morgan fingerprint density at radius 3 is 2.83 bits per heavy atom. The maximum absolute atomic E-state index is 11.3. The minimum Gasteiger partial charge on any atom is -0.493 e. The highest BCUT2D eigenvalue weighted by Crippen LogP contribution is 2.28. The Labute approximate surface area is 143 Å². The molecule has 0 radical (unpaired) electrons. The number of nitrogens with one attached hydrogen (secondary N) is 1. The van der Waals surface area contributed by atoms with Crippen LogP contribution < -0.4 is 14.8 Å². The molecule has 1 heterocycles. The molecule has 1 aliphatic rings. The number of hydrogen-bond donors (Lipinski definition) is 1. The van der Waals surface area contributed by atoms with Crippen LogP contribution >= 0.6 is 0 Å². The summed E-state index contributed by atoms with van der Waals surface area (Å²) in [5, 5.41) is 11.2. The number of likely N-dealkylation sites (tertiary alicyclic amines) is 1. The summed E-state index contributed by atoms with van der Waals surface area (Å²) < 4.78 is 11.3. The third kappa shape index (κ3) is 5.74. The lowest BCUT2D eigenvalue weighted by Crippen LogP contribution is -2.25. The van der Waals surface area contributed by atoms with Crippen molar-refractivity contribution in [2.75, 3.05) is 39.9 Å². The lowest BCUT2D eigenvalue weighted by molar-refractivity contribution is -0.120. The quantitative estimate of drug-likeness (QED) is 0.746. The summed E-state index contributed by atoms with van der Waals surface area (Å²) in [5.41, 5.74) is 1.06. The van der Waals surface area contributed by atoms with Gasteiger partial charge in [-0.1, -0.05) is 6.07 Å². The third-order valence-electron chi connectivity index (χ3n) is 4.07. The Morgan fingerprint density at radius 1 is 1.33 bits per heavy atom. The highest BCUT2D eigenvalue weighted by atomic mass is 16.5. The zero-order chi connectivity index (χ0) is 17.2. The fourth-order valence-corrected chi connectivity index (χ4v) is 2.76. The van der Waals surface area contributed by atoms with Crippen molar-refractivity contribution in [1.29, 1.82) is 5.26 Å². The number of methoxy groups -OCH3 is 1. The van der Waals surface area contributed by atoms with Crippen LogP contribution in [0.25, 0.3) is 0 Å². The van der Waals surface area contributed by atoms with Gasteiger partial charge in [-0.15, -0.1) is 0 Å². The zero-order valence-electron chi connectivity index (χ0n) is 14.2. The van der Waals surface area contributed by atoms with Gasteiger partial charge >= 0.3 is 0 Å². The van der Waals surface area contributed by atoms with E-state index in [1.54, 1.807) is 7.11 Å². The van der Waals surface area contributed by atoms with Gasteiger partial charge in [-0.25, -0.2) is 0 Å². The minimum absolute atomic E-state index is 0.104. The minimum atomic E-state index is -0.243. The highest BCUT2D eigenvalue weighted by Gasteiger charge is 2.12. The molecule has 0 bridgehead atoms. The van der Waals surface area contributed by atoms with Crippen LogP contribution in [0, 0.1) is 11.3 Å². The van der Waals surface area contributed by atoms with Gasteiger partial charge in [-0.05, 0) is 50.0 Å². The van der Waals surface area contributed by atoms with E-state index in [1.807, 2.05) is 24.3 Å². The SMILES string of the molecule is COc1ccc(CCNC(=O)CC#N)cc1OCCN1CCCC1. The lowest BCUT2D eigenvalue weighted by Gasteiger charge is -2.17. The number of hydrogen-bond acceptors (Lipinski definition) is 5. The summed E-state index contributed by atoms with van der Waals surface area (Å²) in [5.74, 6) is 1.21. The van der Waals surface area contributed by atoms with Gasteiger partial charge in [0.25, 0.3) is 0 Å². The molecule has 0 aliphatic carbocycles. The molecule has 130 valence electrons. The molecule has 1 aromatic carbocycles. The molecule has 24 heavy (non-hydrogen) atoms. The number of nitrogens with zero attached hydrogens (tertiary/aromatic N) is 2. The molecule has 1 aromatic rings. The van der Waals surface area contributed by atoms with Crippen LogP contribution in [0.5, 0.6) is 11.5 Å². The molecule has 0 saturated carbocycles. The first-order valence-electron chi connectivity index (χ1n) is 8.38. The van der Waals surface area contributed by atoms with Crippen molar-refractivity contribution in [1.82, 2.24) is 10.2 Å². The number of nitriles is 1. The summed E-state index contributed by atoms with van der Waals surface area (Å²) >= 11 is 0. The molecule has 6 nitrogen and oxygen atoms in total. The molecule has 1 N–H and O–H groups in total. The van der Waals surface area contributed by atoms with Crippen LogP contribution in [0.2, 0.25) is 0 Å². The van der Waals surface area contributed by atoms with Crippen LogP contribution in [0.3, 0.4) is 0 Å². The summed E-state index contributed by atoms with van der Waals surface area (Å²) in [6.45, 7) is 4.38. The number of rotatable bonds is 9. The average Bonchev–Trinajstić information content (AvgIpc) is 3.09. The van der Waals surface area contributed by atoms with E-state index in [0.717, 1.165) is 30.9 Å². The average molecular weight is 331 g/mol. The predicted molar refractivity (Wildman–Crippen MR) is 91.1 cm³/mol. The van der Waals surface area contributed by atoms with Gasteiger partial charge in [0.2, 0.25) is 5.91 Å². The Kier molecular flexibility index (Phi) is 7.37. The van der Waals surface area contributed by atoms with Gasteiger partial charge in [-0.2, -0.15) is 5.26 Å². The first kappa shape index (κ1) is 18.1. The van der Waals surface area contributed by atoms with E-state index >= 15 is 0 Å². The van der Waals surface area contributed by atoms with E-state index in [4.69, 9.17) is 14.7 Å². The van der Waals surface area contributed by atoms with E-state index in [-0.39, 0.29) is 12.3 Å². The van der Waals surface area contributed by atoms with E-state index in [2.05, 4.69) is 10.2 Å². The van der Waals surface area contributed by atoms with Crippen LogP contribution in [-0.2, 0) is 11.2 Å². The smallest absolute Gasteiger partial charge is 0.234 e. The predicted octanol–water partition coefficient (Wildman–Crippen LogP) is 1.74. The maximum atomic E-state index is 11.3. The first-order valence-corrected chi connectivity index (χ1v) is 8.38. The molecule has 1 amide bonds. The van der Waals surface area contributed by atoms with Gasteiger partial charge < -0.3 is 14.8 Å². The van der Waals surface area contributed by atoms with Crippen molar-refractivity contribution in [3.63, 3.8) is 0 Å². The van der Waals surface area contributed by atoms with Crippen LogP contribution in [-0.4, -0.2) is 50.7 Å². The van der Waals surface area contributed by atoms with Crippen LogP contribution in [0.4, 0.5) is 0 Å². The number of ether oxygens (including phenoxy) is 2. The van der Waals surface area contributed by atoms with Crippen molar-refractivity contribution >= 4 is 5.91 Å². The summed E-state index contributed by atoms with van der Waals surface area (Å²) in [6, 6.07) is 7.64. The largest absolute Gasteiger partial charge is 0.493 e. The van der Waals surface area contributed by atoms with Crippen molar-refractivity contribution in [3.05, 3.63) is 23.8 Å². The summed E-state index contributed by atoms with van der Waals surface area (Å²) in [7, 11) is 1.63. The molecule has 6 heteroatoms. The van der Waals surface area contributed by atoms with Gasteiger partial charge in [0.05, 0.1) is 13.2 Å². The van der Waals surface area contributed by atoms with Crippen molar-refractivity contribution < 1.29 is 14.3 Å². The van der Waals surface area contributed by atoms with Crippen molar-refractivity contribution in [2.24, 2.45) is 0 Å². The van der Waals surface area contributed by atoms with Crippen molar-refractivity contribution in [3.8, 4) is 17.6 Å². The summed E-state index contributed by atoms with van der Waals surface area (Å²) in [6.07, 6.45) is 3.13. The third-order valence-corrected chi connectivity index (χ3v) is 4.07. The fourth-order valence-electron chi connectivity index (χ4n) is 2.76. The van der Waals surface area contributed by atoms with Gasteiger partial charge in [-0.3, -0.25) is 9.69 Å². The molecule has 1 saturated heterocycles. The number of amides is 1. The maximum Gasteiger partial charge on any atom is 0.234 e. The second-order valence-corrected chi connectivity index (χ2v) is 5.82. The molecule has 1 fully saturated rings. The summed E-state index contributed by atoms with van der Waals surface area (Å²) in [4.78, 5) is 13.7. The Bertz CT molecular complexity index is 577. The van der Waals surface area contributed by atoms with E-state index in [0.29, 0.717) is 25.3 Å². The standard InChI is InChI=1S/C18H25N3O3/c1-23-16-5-4-15(7-9-20-18(22)6-8-19)14-17(16)24-13-12-21-10-2-3-11-21/h4-5,14H,2-3,6-7,9-13H2,1H3,(H,20,22). The molecule has 0 unspecified atom stereocenters. The van der Waals surface area contributed by atoms with Crippen LogP contribution in [0.1, 0.15) is 24.8 Å². The van der Waals surface area contributed by atoms with Gasteiger partial charge in [0.15, 0.2) is 11.5 Å². The molecule has 0 aromatic heterocycles. The molecule has 1 aliphatic heterocycles. The van der Waals surface area contributed by atoms with E-state index in [1.165, 1.54) is 12.8 Å². The first-order chi connectivity index (χ1) is 11.7. The lowest BCUT2D eigenvalue weighted by atomic mass is 10.1. The normalized spacial score (nSPS) is 14.2. The Balaban J connectivity index is 1.84. The Morgan fingerprint density at radius 2 is 2.12 bits per heavy atom. The fraction of sp³-hybridized carbons (Fsp3) is 0.556. The monoisotopic (exact) mass is 331 g/mol. The highest BCUT2D eigenvalue weighted by molar-refractivity contribution is 5.77. The topological polar surface area (TPSA) is 74.6 Å². The molecule has 0 spiro atoms. The van der Waals surface area contributed by atoms with Crippen molar-refractivity contribution in [2.45, 2.75) is 25.7 Å². The van der Waals surface area contributed by atoms with Gasteiger partial charge in [0.1, 0.15) is 13.0 Å². The van der Waals surface area contributed by atoms with E-state index in [9.17, 15) is 4.79 Å². The second-order valence-electron chi connectivity index (χ2n) is 5.82. The second kappa shape index (κ2) is 9.78.